The normalized spacial score (nSPS) is 12.7. The third kappa shape index (κ3) is 2.06. The van der Waals surface area contributed by atoms with Gasteiger partial charge in [-0.05, 0) is 26.0 Å². The van der Waals surface area contributed by atoms with E-state index in [2.05, 4.69) is 9.97 Å². The molecule has 2 N–H and O–H groups in total. The molecule has 15 heavy (non-hydrogen) atoms. The van der Waals surface area contributed by atoms with Crippen LogP contribution >= 0.6 is 11.3 Å². The van der Waals surface area contributed by atoms with E-state index in [-0.39, 0.29) is 6.04 Å². The van der Waals surface area contributed by atoms with Crippen LogP contribution in [0, 0.1) is 6.92 Å². The van der Waals surface area contributed by atoms with Gasteiger partial charge < -0.3 is 5.73 Å². The summed E-state index contributed by atoms with van der Waals surface area (Å²) in [5.74, 6) is 0. The van der Waals surface area contributed by atoms with E-state index in [9.17, 15) is 0 Å². The molecule has 0 saturated carbocycles. The quantitative estimate of drug-likeness (QED) is 0.844. The zero-order chi connectivity index (χ0) is 10.8. The number of thiazole rings is 1. The van der Waals surface area contributed by atoms with Crippen LogP contribution in [0.25, 0.3) is 11.4 Å². The summed E-state index contributed by atoms with van der Waals surface area (Å²) in [6.45, 7) is 3.99. The van der Waals surface area contributed by atoms with Gasteiger partial charge in [-0.3, -0.25) is 4.98 Å². The molecule has 2 heterocycles. The molecule has 0 bridgehead atoms. The van der Waals surface area contributed by atoms with Crippen LogP contribution in [0.3, 0.4) is 0 Å². The second-order valence-electron chi connectivity index (χ2n) is 3.46. The first-order valence-corrected chi connectivity index (χ1v) is 5.64. The highest BCUT2D eigenvalue weighted by Crippen LogP contribution is 2.28. The first-order chi connectivity index (χ1) is 7.18. The Labute approximate surface area is 93.0 Å². The van der Waals surface area contributed by atoms with Crippen molar-refractivity contribution in [1.82, 2.24) is 9.97 Å². The summed E-state index contributed by atoms with van der Waals surface area (Å²) in [5.41, 5.74) is 7.67. The predicted octanol–water partition coefficient (Wildman–Crippen LogP) is 2.53. The number of aryl methyl sites for hydroxylation is 1. The number of nitrogens with zero attached hydrogens (tertiary/aromatic N) is 2. The Balaban J connectivity index is 2.45. The monoisotopic (exact) mass is 219 g/mol. The van der Waals surface area contributed by atoms with Gasteiger partial charge in [0.1, 0.15) is 10.7 Å². The Kier molecular flexibility index (Phi) is 2.79. The molecule has 0 aliphatic heterocycles. The van der Waals surface area contributed by atoms with Crippen molar-refractivity contribution in [1.29, 1.82) is 0 Å². The summed E-state index contributed by atoms with van der Waals surface area (Å²) >= 11 is 1.64. The van der Waals surface area contributed by atoms with Crippen LogP contribution in [0.5, 0.6) is 0 Å². The maximum atomic E-state index is 5.80. The third-order valence-electron chi connectivity index (χ3n) is 2.11. The molecule has 0 aliphatic carbocycles. The van der Waals surface area contributed by atoms with E-state index in [0.717, 1.165) is 16.4 Å². The lowest BCUT2D eigenvalue weighted by atomic mass is 10.2. The van der Waals surface area contributed by atoms with E-state index in [1.165, 1.54) is 4.88 Å². The van der Waals surface area contributed by atoms with E-state index in [1.807, 2.05) is 32.0 Å². The summed E-state index contributed by atoms with van der Waals surface area (Å²) < 4.78 is 0. The van der Waals surface area contributed by atoms with Gasteiger partial charge in [0.2, 0.25) is 0 Å². The smallest absolute Gasteiger partial charge is 0.110 e. The van der Waals surface area contributed by atoms with Crippen molar-refractivity contribution in [2.75, 3.05) is 0 Å². The number of aromatic nitrogens is 2. The van der Waals surface area contributed by atoms with Crippen LogP contribution in [0.1, 0.15) is 22.9 Å². The van der Waals surface area contributed by atoms with Crippen molar-refractivity contribution in [2.24, 2.45) is 5.73 Å². The number of pyridine rings is 1. The molecular formula is C11H13N3S. The van der Waals surface area contributed by atoms with Crippen molar-refractivity contribution >= 4 is 11.3 Å². The van der Waals surface area contributed by atoms with E-state index >= 15 is 0 Å². The van der Waals surface area contributed by atoms with E-state index in [1.54, 1.807) is 17.5 Å². The van der Waals surface area contributed by atoms with Crippen LogP contribution in [0.15, 0.2) is 24.4 Å². The second-order valence-corrected chi connectivity index (χ2v) is 4.70. The average molecular weight is 219 g/mol. The van der Waals surface area contributed by atoms with E-state index in [4.69, 9.17) is 5.73 Å². The van der Waals surface area contributed by atoms with Crippen molar-refractivity contribution in [3.63, 3.8) is 0 Å². The molecule has 1 atom stereocenters. The van der Waals surface area contributed by atoms with Crippen LogP contribution < -0.4 is 5.73 Å². The van der Waals surface area contributed by atoms with Gasteiger partial charge in [0.05, 0.1) is 11.7 Å². The minimum atomic E-state index is -0.00818. The second kappa shape index (κ2) is 4.08. The highest BCUT2D eigenvalue weighted by molar-refractivity contribution is 7.12. The minimum absolute atomic E-state index is 0.00818. The van der Waals surface area contributed by atoms with E-state index in [0.29, 0.717) is 0 Å². The fourth-order valence-electron chi connectivity index (χ4n) is 1.35. The van der Waals surface area contributed by atoms with Gasteiger partial charge in [-0.2, -0.15) is 0 Å². The molecule has 2 rings (SSSR count). The predicted molar refractivity (Wildman–Crippen MR) is 62.7 cm³/mol. The van der Waals surface area contributed by atoms with Gasteiger partial charge >= 0.3 is 0 Å². The number of rotatable bonds is 2. The average Bonchev–Trinajstić information content (AvgIpc) is 2.62. The molecule has 0 fully saturated rings. The summed E-state index contributed by atoms with van der Waals surface area (Å²) in [6.07, 6.45) is 1.78. The van der Waals surface area contributed by atoms with Crippen LogP contribution in [0.2, 0.25) is 0 Å². The molecular weight excluding hydrogens is 206 g/mol. The number of nitrogens with two attached hydrogens (primary N) is 1. The lowest BCUT2D eigenvalue weighted by molar-refractivity contribution is 0.807. The lowest BCUT2D eigenvalue weighted by Crippen LogP contribution is -2.03. The Bertz CT molecular complexity index is 448. The Morgan fingerprint density at radius 1 is 1.40 bits per heavy atom. The van der Waals surface area contributed by atoms with Gasteiger partial charge in [0, 0.05) is 11.1 Å². The minimum Gasteiger partial charge on any atom is -0.322 e. The molecule has 2 aromatic heterocycles. The van der Waals surface area contributed by atoms with Gasteiger partial charge in [0.15, 0.2) is 0 Å². The highest BCUT2D eigenvalue weighted by atomic mass is 32.1. The van der Waals surface area contributed by atoms with Crippen molar-refractivity contribution in [3.05, 3.63) is 34.3 Å². The molecule has 0 aromatic carbocycles. The van der Waals surface area contributed by atoms with Crippen LogP contribution in [-0.2, 0) is 0 Å². The molecule has 78 valence electrons. The standard InChI is InChI=1S/C11H13N3S/c1-7(12)11-14-10(8(2)15-11)9-5-3-4-6-13-9/h3-7H,12H2,1-2H3. The van der Waals surface area contributed by atoms with Gasteiger partial charge in [0.25, 0.3) is 0 Å². The summed E-state index contributed by atoms with van der Waals surface area (Å²) in [4.78, 5) is 9.96. The summed E-state index contributed by atoms with van der Waals surface area (Å²) in [7, 11) is 0. The van der Waals surface area contributed by atoms with Crippen molar-refractivity contribution in [3.8, 4) is 11.4 Å². The summed E-state index contributed by atoms with van der Waals surface area (Å²) in [6, 6.07) is 5.82. The van der Waals surface area contributed by atoms with Gasteiger partial charge in [-0.25, -0.2) is 4.98 Å². The maximum absolute atomic E-state index is 5.80. The lowest BCUT2D eigenvalue weighted by Gasteiger charge is -1.97. The SMILES string of the molecule is Cc1sc(C(C)N)nc1-c1ccccn1. The Morgan fingerprint density at radius 3 is 2.73 bits per heavy atom. The van der Waals surface area contributed by atoms with Crippen LogP contribution in [0.4, 0.5) is 0 Å². The summed E-state index contributed by atoms with van der Waals surface area (Å²) in [5, 5.41) is 0.966. The zero-order valence-electron chi connectivity index (χ0n) is 8.77. The van der Waals surface area contributed by atoms with Crippen molar-refractivity contribution in [2.45, 2.75) is 19.9 Å². The Morgan fingerprint density at radius 2 is 2.20 bits per heavy atom. The largest absolute Gasteiger partial charge is 0.322 e. The topological polar surface area (TPSA) is 51.8 Å². The number of hydrogen-bond acceptors (Lipinski definition) is 4. The third-order valence-corrected chi connectivity index (χ3v) is 3.28. The first-order valence-electron chi connectivity index (χ1n) is 4.83. The van der Waals surface area contributed by atoms with Gasteiger partial charge in [-0.1, -0.05) is 6.07 Å². The molecule has 0 radical (unpaired) electrons. The van der Waals surface area contributed by atoms with Crippen molar-refractivity contribution < 1.29 is 0 Å². The molecule has 0 saturated heterocycles. The molecule has 2 aromatic rings. The molecule has 3 nitrogen and oxygen atoms in total. The highest BCUT2D eigenvalue weighted by Gasteiger charge is 2.12. The molecule has 1 unspecified atom stereocenters. The fourth-order valence-corrected chi connectivity index (χ4v) is 2.24. The maximum Gasteiger partial charge on any atom is 0.110 e. The number of hydrogen-bond donors (Lipinski definition) is 1. The van der Waals surface area contributed by atoms with Crippen LogP contribution in [-0.4, -0.2) is 9.97 Å². The molecule has 0 spiro atoms. The first kappa shape index (κ1) is 10.3. The molecule has 4 heteroatoms. The van der Waals surface area contributed by atoms with Gasteiger partial charge in [-0.15, -0.1) is 11.3 Å². The molecule has 0 amide bonds. The fraction of sp³-hybridized carbons (Fsp3) is 0.273. The van der Waals surface area contributed by atoms with E-state index < -0.39 is 0 Å². The molecule has 0 aliphatic rings. The zero-order valence-corrected chi connectivity index (χ0v) is 9.58. The Hall–Kier alpha value is -1.26.